The smallest absolute Gasteiger partial charge is 0.492 e. The summed E-state index contributed by atoms with van der Waals surface area (Å²) < 4.78 is 52.5. The fourth-order valence-electron chi connectivity index (χ4n) is 2.88. The van der Waals surface area contributed by atoms with E-state index >= 15 is 0 Å². The van der Waals surface area contributed by atoms with Gasteiger partial charge in [-0.25, -0.2) is 4.79 Å². The van der Waals surface area contributed by atoms with Crippen molar-refractivity contribution in [2.45, 2.75) is 45.7 Å². The highest BCUT2D eigenvalue weighted by Gasteiger charge is 2.32. The highest BCUT2D eigenvalue weighted by Crippen LogP contribution is 2.33. The fraction of sp³-hybridized carbons (Fsp3) is 0.632. The van der Waals surface area contributed by atoms with Crippen LogP contribution in [-0.4, -0.2) is 66.7 Å². The van der Waals surface area contributed by atoms with Gasteiger partial charge < -0.3 is 19.1 Å². The Labute approximate surface area is 177 Å². The summed E-state index contributed by atoms with van der Waals surface area (Å²) in [4.78, 5) is 16.0. The lowest BCUT2D eigenvalue weighted by molar-refractivity contribution is -0.274. The van der Waals surface area contributed by atoms with Crippen molar-refractivity contribution in [1.29, 1.82) is 0 Å². The van der Waals surface area contributed by atoms with Crippen LogP contribution in [0.5, 0.6) is 11.5 Å². The molecule has 10 heteroatoms. The molecular weight excluding hydrogens is 457 g/mol. The van der Waals surface area contributed by atoms with Crippen LogP contribution in [0, 0.1) is 0 Å². The molecule has 0 bridgehead atoms. The largest absolute Gasteiger partial charge is 0.573 e. The first-order valence-electron chi connectivity index (χ1n) is 9.24. The van der Waals surface area contributed by atoms with Crippen LogP contribution in [0.4, 0.5) is 18.0 Å². The zero-order chi connectivity index (χ0) is 21.8. The number of carbonyl (C=O) groups excluding carboxylic acids is 1. The molecule has 1 heterocycles. The zero-order valence-corrected chi connectivity index (χ0v) is 18.5. The average molecular weight is 483 g/mol. The number of alkyl halides is 3. The number of rotatable bonds is 5. The normalized spacial score (nSPS) is 18.5. The first kappa shape index (κ1) is 23.6. The maximum absolute atomic E-state index is 12.4. The monoisotopic (exact) mass is 482 g/mol. The summed E-state index contributed by atoms with van der Waals surface area (Å²) in [5, 5.41) is 0. The van der Waals surface area contributed by atoms with Crippen molar-refractivity contribution in [1.82, 2.24) is 9.80 Å². The topological polar surface area (TPSA) is 51.2 Å². The molecule has 0 aromatic heterocycles. The van der Waals surface area contributed by atoms with Gasteiger partial charge >= 0.3 is 12.5 Å². The Morgan fingerprint density at radius 3 is 2.52 bits per heavy atom. The van der Waals surface area contributed by atoms with E-state index in [0.717, 1.165) is 0 Å². The van der Waals surface area contributed by atoms with E-state index in [2.05, 4.69) is 25.6 Å². The summed E-state index contributed by atoms with van der Waals surface area (Å²) in [6, 6.07) is 4.31. The van der Waals surface area contributed by atoms with Crippen LogP contribution in [0.2, 0.25) is 0 Å². The number of benzene rings is 1. The minimum atomic E-state index is -4.77. The highest BCUT2D eigenvalue weighted by molar-refractivity contribution is 9.10. The second kappa shape index (κ2) is 9.42. The second-order valence-corrected chi connectivity index (χ2v) is 8.65. The van der Waals surface area contributed by atoms with Gasteiger partial charge in [0.15, 0.2) is 0 Å². The van der Waals surface area contributed by atoms with Crippen molar-refractivity contribution in [2.24, 2.45) is 0 Å². The standard InChI is InChI=1S/C19H26BrF3N2O4/c1-13-12-25(17(26)29-18(2,3)4)8-7-24(13)9-10-27-14-5-6-15(20)16(11-14)28-19(21,22)23/h5-6,11,13H,7-10,12H2,1-4H3/t13-/m1/s1. The molecular formula is C19H26BrF3N2O4. The Morgan fingerprint density at radius 2 is 1.93 bits per heavy atom. The third kappa shape index (κ3) is 7.93. The number of ether oxygens (including phenoxy) is 3. The van der Waals surface area contributed by atoms with E-state index in [1.165, 1.54) is 12.1 Å². The molecule has 1 aliphatic heterocycles. The van der Waals surface area contributed by atoms with Crippen LogP contribution in [0.3, 0.4) is 0 Å². The van der Waals surface area contributed by atoms with E-state index in [0.29, 0.717) is 32.8 Å². The highest BCUT2D eigenvalue weighted by atomic mass is 79.9. The number of amides is 1. The second-order valence-electron chi connectivity index (χ2n) is 7.80. The summed E-state index contributed by atoms with van der Waals surface area (Å²) in [6.07, 6.45) is -5.10. The van der Waals surface area contributed by atoms with E-state index < -0.39 is 12.0 Å². The summed E-state index contributed by atoms with van der Waals surface area (Å²) in [5.74, 6) is -0.0677. The number of nitrogens with zero attached hydrogens (tertiary/aromatic N) is 2. The third-order valence-electron chi connectivity index (χ3n) is 4.19. The van der Waals surface area contributed by atoms with Gasteiger partial charge in [-0.1, -0.05) is 0 Å². The number of hydrogen-bond acceptors (Lipinski definition) is 5. The Hall–Kier alpha value is -1.68. The molecule has 0 unspecified atom stereocenters. The maximum Gasteiger partial charge on any atom is 0.573 e. The predicted molar refractivity (Wildman–Crippen MR) is 105 cm³/mol. The van der Waals surface area contributed by atoms with Gasteiger partial charge in [-0.2, -0.15) is 0 Å². The number of halogens is 4. The van der Waals surface area contributed by atoms with Gasteiger partial charge in [0.2, 0.25) is 0 Å². The van der Waals surface area contributed by atoms with E-state index in [1.807, 2.05) is 27.7 Å². The van der Waals surface area contributed by atoms with Crippen LogP contribution in [-0.2, 0) is 4.74 Å². The van der Waals surface area contributed by atoms with Crippen LogP contribution in [0.15, 0.2) is 22.7 Å². The molecule has 1 amide bonds. The van der Waals surface area contributed by atoms with Gasteiger partial charge in [0.1, 0.15) is 23.7 Å². The summed E-state index contributed by atoms with van der Waals surface area (Å²) in [7, 11) is 0. The molecule has 0 radical (unpaired) electrons. The third-order valence-corrected chi connectivity index (χ3v) is 4.85. The van der Waals surface area contributed by atoms with Crippen LogP contribution in [0.1, 0.15) is 27.7 Å². The molecule has 6 nitrogen and oxygen atoms in total. The number of hydrogen-bond donors (Lipinski definition) is 0. The molecule has 1 aromatic rings. The van der Waals surface area contributed by atoms with Gasteiger partial charge in [-0.3, -0.25) is 4.90 Å². The summed E-state index contributed by atoms with van der Waals surface area (Å²) in [5.41, 5.74) is -0.537. The lowest BCUT2D eigenvalue weighted by Gasteiger charge is -2.40. The van der Waals surface area contributed by atoms with Gasteiger partial charge in [0.25, 0.3) is 0 Å². The summed E-state index contributed by atoms with van der Waals surface area (Å²) in [6.45, 7) is 10.1. The van der Waals surface area contributed by atoms with Gasteiger partial charge in [-0.05, 0) is 55.8 Å². The van der Waals surface area contributed by atoms with E-state index in [1.54, 1.807) is 11.0 Å². The van der Waals surface area contributed by atoms with Crippen molar-refractivity contribution >= 4 is 22.0 Å². The van der Waals surface area contributed by atoms with Crippen molar-refractivity contribution in [3.05, 3.63) is 22.7 Å². The molecule has 2 rings (SSSR count). The quantitative estimate of drug-likeness (QED) is 0.610. The number of carbonyl (C=O) groups is 1. The van der Waals surface area contributed by atoms with Crippen LogP contribution >= 0.6 is 15.9 Å². The molecule has 164 valence electrons. The fourth-order valence-corrected chi connectivity index (χ4v) is 3.20. The lowest BCUT2D eigenvalue weighted by atomic mass is 10.2. The van der Waals surface area contributed by atoms with Crippen LogP contribution < -0.4 is 9.47 Å². The Bertz CT molecular complexity index is 710. The first-order chi connectivity index (χ1) is 13.3. The SMILES string of the molecule is C[C@@H]1CN(C(=O)OC(C)(C)C)CCN1CCOc1ccc(Br)c(OC(F)(F)F)c1. The Morgan fingerprint density at radius 1 is 1.24 bits per heavy atom. The van der Waals surface area contributed by atoms with Gasteiger partial charge in [-0.15, -0.1) is 13.2 Å². The van der Waals surface area contributed by atoms with Crippen molar-refractivity contribution < 1.29 is 32.2 Å². The molecule has 0 saturated carbocycles. The zero-order valence-electron chi connectivity index (χ0n) is 16.9. The molecule has 1 fully saturated rings. The molecule has 1 aromatic carbocycles. The average Bonchev–Trinajstić information content (AvgIpc) is 2.56. The van der Waals surface area contributed by atoms with Crippen molar-refractivity contribution in [3.8, 4) is 11.5 Å². The molecule has 1 aliphatic rings. The molecule has 29 heavy (non-hydrogen) atoms. The van der Waals surface area contributed by atoms with E-state index in [4.69, 9.17) is 9.47 Å². The van der Waals surface area contributed by atoms with Crippen LogP contribution in [0.25, 0.3) is 0 Å². The molecule has 0 spiro atoms. The molecule has 1 saturated heterocycles. The predicted octanol–water partition coefficient (Wildman–Crippen LogP) is 4.67. The van der Waals surface area contributed by atoms with Gasteiger partial charge in [0, 0.05) is 38.3 Å². The minimum absolute atomic E-state index is 0.105. The Kier molecular flexibility index (Phi) is 7.67. The maximum atomic E-state index is 12.4. The van der Waals surface area contributed by atoms with Gasteiger partial charge in [0.05, 0.1) is 4.47 Å². The minimum Gasteiger partial charge on any atom is -0.492 e. The summed E-state index contributed by atoms with van der Waals surface area (Å²) >= 11 is 3.03. The molecule has 0 aliphatic carbocycles. The number of piperazine rings is 1. The van der Waals surface area contributed by atoms with Crippen molar-refractivity contribution in [2.75, 3.05) is 32.8 Å². The van der Waals surface area contributed by atoms with E-state index in [9.17, 15) is 18.0 Å². The molecule has 0 N–H and O–H groups in total. The Balaban J connectivity index is 1.83. The van der Waals surface area contributed by atoms with E-state index in [-0.39, 0.29) is 28.1 Å². The lowest BCUT2D eigenvalue weighted by Crippen LogP contribution is -2.55. The molecule has 1 atom stereocenters. The van der Waals surface area contributed by atoms with Crippen molar-refractivity contribution in [3.63, 3.8) is 0 Å². The first-order valence-corrected chi connectivity index (χ1v) is 10.0.